The molecule has 0 radical (unpaired) electrons. The van der Waals surface area contributed by atoms with E-state index in [1.54, 1.807) is 12.1 Å². The van der Waals surface area contributed by atoms with Gasteiger partial charge >= 0.3 is 5.69 Å². The molecule has 8 nitrogen and oxygen atoms in total. The summed E-state index contributed by atoms with van der Waals surface area (Å²) in [6.07, 6.45) is 0. The predicted octanol–water partition coefficient (Wildman–Crippen LogP) is 3.20. The Morgan fingerprint density at radius 3 is 2.47 bits per heavy atom. The number of hydrogen-bond donors (Lipinski definition) is 2. The van der Waals surface area contributed by atoms with Gasteiger partial charge in [0.15, 0.2) is 5.65 Å². The lowest BCUT2D eigenvalue weighted by molar-refractivity contribution is -0.117. The lowest BCUT2D eigenvalue weighted by Crippen LogP contribution is -2.29. The van der Waals surface area contributed by atoms with Crippen molar-refractivity contribution in [3.05, 3.63) is 81.9 Å². The van der Waals surface area contributed by atoms with Gasteiger partial charge in [0.05, 0.1) is 0 Å². The zero-order valence-corrected chi connectivity index (χ0v) is 17.0. The van der Waals surface area contributed by atoms with E-state index in [4.69, 9.17) is 0 Å². The highest BCUT2D eigenvalue weighted by Crippen LogP contribution is 2.16. The van der Waals surface area contributed by atoms with Crippen LogP contribution in [-0.4, -0.2) is 25.1 Å². The van der Waals surface area contributed by atoms with Crippen molar-refractivity contribution in [2.24, 2.45) is 0 Å². The number of fused-ring (bicyclic) bond motifs is 1. The number of hydrogen-bond acceptors (Lipinski definition) is 5. The first kappa shape index (κ1) is 19.4. The Labute approximate surface area is 173 Å². The molecule has 2 aromatic heterocycles. The van der Waals surface area contributed by atoms with Gasteiger partial charge < -0.3 is 10.6 Å². The highest BCUT2D eigenvalue weighted by Gasteiger charge is 2.15. The number of aryl methyl sites for hydroxylation is 3. The fraction of sp³-hybridized carbons (Fsp3) is 0.182. The molecule has 0 aliphatic rings. The van der Waals surface area contributed by atoms with Crippen LogP contribution in [0.25, 0.3) is 5.65 Å². The molecule has 2 aromatic carbocycles. The molecule has 30 heavy (non-hydrogen) atoms. The van der Waals surface area contributed by atoms with E-state index in [1.165, 1.54) is 4.40 Å². The fourth-order valence-electron chi connectivity index (χ4n) is 3.17. The summed E-state index contributed by atoms with van der Waals surface area (Å²) < 4.78 is 2.51. The molecule has 0 aliphatic carbocycles. The van der Waals surface area contributed by atoms with Gasteiger partial charge in [-0.2, -0.15) is 0 Å². The van der Waals surface area contributed by atoms with E-state index in [-0.39, 0.29) is 12.5 Å². The summed E-state index contributed by atoms with van der Waals surface area (Å²) in [7, 11) is 0. The molecule has 0 spiro atoms. The first-order valence-corrected chi connectivity index (χ1v) is 9.56. The van der Waals surface area contributed by atoms with Crippen LogP contribution >= 0.6 is 0 Å². The average Bonchev–Trinajstić information content (AvgIpc) is 2.98. The van der Waals surface area contributed by atoms with Crippen molar-refractivity contribution >= 4 is 28.9 Å². The van der Waals surface area contributed by atoms with Gasteiger partial charge in [0, 0.05) is 23.1 Å². The summed E-state index contributed by atoms with van der Waals surface area (Å²) in [6, 6.07) is 16.9. The van der Waals surface area contributed by atoms with Gasteiger partial charge in [0.25, 0.3) is 0 Å². The van der Waals surface area contributed by atoms with Crippen molar-refractivity contribution in [3.63, 3.8) is 0 Å². The maximum absolute atomic E-state index is 13.0. The van der Waals surface area contributed by atoms with Crippen LogP contribution in [0.2, 0.25) is 0 Å². The molecule has 2 heterocycles. The molecule has 0 atom stereocenters. The van der Waals surface area contributed by atoms with Crippen molar-refractivity contribution in [2.45, 2.75) is 27.3 Å². The van der Waals surface area contributed by atoms with Gasteiger partial charge in [-0.1, -0.05) is 29.8 Å². The zero-order valence-electron chi connectivity index (χ0n) is 17.0. The molecule has 0 saturated carbocycles. The summed E-state index contributed by atoms with van der Waals surface area (Å²) in [5.74, 6) is 0.0213. The predicted molar refractivity (Wildman–Crippen MR) is 116 cm³/mol. The van der Waals surface area contributed by atoms with Crippen LogP contribution in [0.15, 0.2) is 59.4 Å². The van der Waals surface area contributed by atoms with E-state index in [9.17, 15) is 9.59 Å². The van der Waals surface area contributed by atoms with E-state index in [0.29, 0.717) is 23.0 Å². The van der Waals surface area contributed by atoms with Crippen LogP contribution in [0.4, 0.5) is 17.3 Å². The lowest BCUT2D eigenvalue weighted by Gasteiger charge is -2.08. The molecule has 1 amide bonds. The van der Waals surface area contributed by atoms with Gasteiger partial charge in [-0.3, -0.25) is 4.79 Å². The van der Waals surface area contributed by atoms with Crippen LogP contribution in [0, 0.1) is 20.8 Å². The Morgan fingerprint density at radius 1 is 0.967 bits per heavy atom. The number of benzene rings is 2. The highest BCUT2D eigenvalue weighted by atomic mass is 16.2. The van der Waals surface area contributed by atoms with Crippen LogP contribution in [0.3, 0.4) is 0 Å². The van der Waals surface area contributed by atoms with Crippen LogP contribution in [0.5, 0.6) is 0 Å². The molecule has 0 saturated heterocycles. The van der Waals surface area contributed by atoms with Crippen LogP contribution in [0.1, 0.15) is 16.8 Å². The number of amides is 1. The van der Waals surface area contributed by atoms with Gasteiger partial charge in [-0.05, 0) is 50.6 Å². The van der Waals surface area contributed by atoms with E-state index in [2.05, 4.69) is 20.7 Å². The minimum absolute atomic E-state index is 0.197. The Hall–Kier alpha value is -3.94. The topological polar surface area (TPSA) is 93.3 Å². The molecule has 0 aliphatic heterocycles. The number of rotatable bonds is 5. The first-order valence-electron chi connectivity index (χ1n) is 9.56. The number of nitrogens with zero attached hydrogens (tertiary/aromatic N) is 4. The molecule has 0 fully saturated rings. The second kappa shape index (κ2) is 7.82. The minimum Gasteiger partial charge on any atom is -0.325 e. The maximum atomic E-state index is 13.0. The SMILES string of the molecule is Cc1ccc(Nc2nc(C)cc3nn(CC(=O)Nc4cccc(C)c4)c(=O)n23)cc1. The summed E-state index contributed by atoms with van der Waals surface area (Å²) in [5, 5.41) is 10.3. The summed E-state index contributed by atoms with van der Waals surface area (Å²) in [5.41, 5.74) is 4.34. The number of nitrogens with one attached hydrogen (secondary N) is 2. The van der Waals surface area contributed by atoms with E-state index < -0.39 is 5.69 Å². The standard InChI is InChI=1S/C22H22N6O2/c1-14-7-9-17(10-8-14)25-21-23-16(3)12-19-26-27(22(30)28(19)21)13-20(29)24-18-6-4-5-15(2)11-18/h4-12H,13H2,1-3H3,(H,23,25)(H,24,29). The number of carbonyl (C=O) groups is 1. The lowest BCUT2D eigenvalue weighted by atomic mass is 10.2. The van der Waals surface area contributed by atoms with Crippen molar-refractivity contribution in [1.82, 2.24) is 19.2 Å². The fourth-order valence-corrected chi connectivity index (χ4v) is 3.17. The number of anilines is 3. The van der Waals surface area contributed by atoms with Gasteiger partial charge in [0.2, 0.25) is 11.9 Å². The molecular weight excluding hydrogens is 380 g/mol. The normalized spacial score (nSPS) is 10.9. The average molecular weight is 402 g/mol. The van der Waals surface area contributed by atoms with Crippen molar-refractivity contribution in [1.29, 1.82) is 0 Å². The zero-order chi connectivity index (χ0) is 21.3. The molecule has 8 heteroatoms. The van der Waals surface area contributed by atoms with Crippen LogP contribution in [-0.2, 0) is 11.3 Å². The smallest absolute Gasteiger partial charge is 0.325 e. The Kier molecular flexibility index (Phi) is 5.05. The molecule has 0 unspecified atom stereocenters. The molecule has 152 valence electrons. The van der Waals surface area contributed by atoms with Crippen molar-refractivity contribution in [3.8, 4) is 0 Å². The first-order chi connectivity index (χ1) is 14.4. The molecular formula is C22H22N6O2. The van der Waals surface area contributed by atoms with Gasteiger partial charge in [-0.15, -0.1) is 5.10 Å². The second-order valence-corrected chi connectivity index (χ2v) is 7.26. The van der Waals surface area contributed by atoms with E-state index in [0.717, 1.165) is 21.5 Å². The Balaban J connectivity index is 1.63. The van der Waals surface area contributed by atoms with Crippen molar-refractivity contribution < 1.29 is 4.79 Å². The van der Waals surface area contributed by atoms with Gasteiger partial charge in [0.1, 0.15) is 6.54 Å². The third-order valence-electron chi connectivity index (χ3n) is 4.60. The summed E-state index contributed by atoms with van der Waals surface area (Å²) in [4.78, 5) is 29.8. The Bertz CT molecular complexity index is 1290. The third kappa shape index (κ3) is 4.07. The van der Waals surface area contributed by atoms with Crippen molar-refractivity contribution in [2.75, 3.05) is 10.6 Å². The summed E-state index contributed by atoms with van der Waals surface area (Å²) >= 11 is 0. The summed E-state index contributed by atoms with van der Waals surface area (Å²) in [6.45, 7) is 5.58. The second-order valence-electron chi connectivity index (χ2n) is 7.26. The van der Waals surface area contributed by atoms with E-state index in [1.807, 2.05) is 63.2 Å². The molecule has 4 rings (SSSR count). The molecule has 4 aromatic rings. The monoisotopic (exact) mass is 402 g/mol. The highest BCUT2D eigenvalue weighted by molar-refractivity contribution is 5.90. The number of aromatic nitrogens is 4. The maximum Gasteiger partial charge on any atom is 0.353 e. The van der Waals surface area contributed by atoms with Gasteiger partial charge in [-0.25, -0.2) is 18.9 Å². The third-order valence-corrected chi connectivity index (χ3v) is 4.60. The molecule has 2 N–H and O–H groups in total. The van der Waals surface area contributed by atoms with Crippen LogP contribution < -0.4 is 16.3 Å². The number of carbonyl (C=O) groups excluding carboxylic acids is 1. The Morgan fingerprint density at radius 2 is 1.73 bits per heavy atom. The largest absolute Gasteiger partial charge is 0.353 e. The van der Waals surface area contributed by atoms with E-state index >= 15 is 0 Å². The minimum atomic E-state index is -0.438. The quantitative estimate of drug-likeness (QED) is 0.535. The molecule has 0 bridgehead atoms.